The average molecular weight is 321 g/mol. The number of pyridine rings is 1. The fraction of sp³-hybridized carbons (Fsp3) is 0.538. The van der Waals surface area contributed by atoms with Crippen LogP contribution < -0.4 is 15.4 Å². The molecule has 0 spiro atoms. The Hall–Kier alpha value is -2.03. The summed E-state index contributed by atoms with van der Waals surface area (Å²) >= 11 is 0. The number of ether oxygens (including phenoxy) is 2. The molecule has 1 aromatic heterocycles. The molecule has 0 aromatic carbocycles. The van der Waals surface area contributed by atoms with Crippen molar-refractivity contribution >= 4 is 6.03 Å². The Balaban J connectivity index is 2.43. The number of hydrogen-bond donors (Lipinski definition) is 2. The molecule has 0 aliphatic rings. The first-order valence-electron chi connectivity index (χ1n) is 6.65. The lowest BCUT2D eigenvalue weighted by Crippen LogP contribution is -2.37. The zero-order chi connectivity index (χ0) is 16.4. The van der Waals surface area contributed by atoms with Gasteiger partial charge in [-0.2, -0.15) is 13.2 Å². The highest BCUT2D eigenvalue weighted by Gasteiger charge is 2.29. The number of alkyl halides is 3. The normalized spacial score (nSPS) is 11.1. The van der Waals surface area contributed by atoms with Crippen LogP contribution in [0.2, 0.25) is 0 Å². The number of urea groups is 1. The number of nitrogens with one attached hydrogen (secondary N) is 2. The van der Waals surface area contributed by atoms with Gasteiger partial charge in [0.1, 0.15) is 0 Å². The van der Waals surface area contributed by atoms with Crippen molar-refractivity contribution in [1.82, 2.24) is 15.6 Å². The minimum absolute atomic E-state index is 0.00149. The van der Waals surface area contributed by atoms with Gasteiger partial charge in [-0.15, -0.1) is 0 Å². The van der Waals surface area contributed by atoms with Crippen LogP contribution in [0.4, 0.5) is 18.0 Å². The highest BCUT2D eigenvalue weighted by Crippen LogP contribution is 2.19. The molecule has 0 fully saturated rings. The Morgan fingerprint density at radius 3 is 2.82 bits per heavy atom. The van der Waals surface area contributed by atoms with Gasteiger partial charge < -0.3 is 20.1 Å². The van der Waals surface area contributed by atoms with E-state index in [4.69, 9.17) is 4.74 Å². The summed E-state index contributed by atoms with van der Waals surface area (Å²) in [6.45, 7) is 1.68. The Morgan fingerprint density at radius 1 is 1.36 bits per heavy atom. The number of amides is 2. The SMILES string of the molecule is CCOCCNC(=O)NCc1cccnc1OCC(F)(F)F. The molecule has 0 bridgehead atoms. The van der Waals surface area contributed by atoms with Gasteiger partial charge in [0, 0.05) is 31.5 Å². The molecule has 2 amide bonds. The van der Waals surface area contributed by atoms with E-state index in [9.17, 15) is 18.0 Å². The number of halogens is 3. The van der Waals surface area contributed by atoms with Gasteiger partial charge in [0.25, 0.3) is 0 Å². The molecular weight excluding hydrogens is 303 g/mol. The third-order valence-electron chi connectivity index (χ3n) is 2.40. The molecule has 0 unspecified atom stereocenters. The van der Waals surface area contributed by atoms with Gasteiger partial charge in [0.15, 0.2) is 6.61 Å². The summed E-state index contributed by atoms with van der Waals surface area (Å²) in [4.78, 5) is 15.2. The van der Waals surface area contributed by atoms with Crippen molar-refractivity contribution < 1.29 is 27.4 Å². The molecule has 9 heteroatoms. The first-order chi connectivity index (χ1) is 10.4. The van der Waals surface area contributed by atoms with Gasteiger partial charge in [-0.25, -0.2) is 9.78 Å². The van der Waals surface area contributed by atoms with E-state index in [0.29, 0.717) is 25.3 Å². The lowest BCUT2D eigenvalue weighted by molar-refractivity contribution is -0.154. The number of carbonyl (C=O) groups excluding carboxylic acids is 1. The average Bonchev–Trinajstić information content (AvgIpc) is 2.47. The molecule has 124 valence electrons. The number of carbonyl (C=O) groups is 1. The van der Waals surface area contributed by atoms with Crippen LogP contribution in [0.15, 0.2) is 18.3 Å². The lowest BCUT2D eigenvalue weighted by atomic mass is 10.2. The van der Waals surface area contributed by atoms with Crippen molar-refractivity contribution in [2.45, 2.75) is 19.6 Å². The highest BCUT2D eigenvalue weighted by atomic mass is 19.4. The van der Waals surface area contributed by atoms with E-state index in [1.54, 1.807) is 6.07 Å². The third kappa shape index (κ3) is 7.67. The van der Waals surface area contributed by atoms with Gasteiger partial charge in [0.2, 0.25) is 5.88 Å². The summed E-state index contributed by atoms with van der Waals surface area (Å²) in [5, 5.41) is 5.05. The molecule has 0 aliphatic heterocycles. The van der Waals surface area contributed by atoms with Crippen LogP contribution in [0.3, 0.4) is 0 Å². The summed E-state index contributed by atoms with van der Waals surface area (Å²) in [5.74, 6) is -0.158. The molecule has 6 nitrogen and oxygen atoms in total. The van der Waals surface area contributed by atoms with Crippen LogP contribution in [0.25, 0.3) is 0 Å². The minimum atomic E-state index is -4.45. The molecule has 0 saturated heterocycles. The second-order valence-corrected chi connectivity index (χ2v) is 4.18. The fourth-order valence-electron chi connectivity index (χ4n) is 1.46. The van der Waals surface area contributed by atoms with Crippen LogP contribution in [-0.2, 0) is 11.3 Å². The van der Waals surface area contributed by atoms with E-state index in [1.807, 2.05) is 6.92 Å². The van der Waals surface area contributed by atoms with Crippen molar-refractivity contribution in [3.05, 3.63) is 23.9 Å². The molecule has 1 rings (SSSR count). The Labute approximate surface area is 126 Å². The standard InChI is InChI=1S/C13H18F3N3O3/c1-2-21-7-6-18-12(20)19-8-10-4-3-5-17-11(10)22-9-13(14,15)16/h3-5H,2,6-9H2,1H3,(H2,18,19,20). The van der Waals surface area contributed by atoms with Crippen molar-refractivity contribution in [3.8, 4) is 5.88 Å². The largest absolute Gasteiger partial charge is 0.468 e. The predicted molar refractivity (Wildman–Crippen MR) is 72.5 cm³/mol. The smallest absolute Gasteiger partial charge is 0.422 e. The van der Waals surface area contributed by atoms with Crippen LogP contribution in [0, 0.1) is 0 Å². The van der Waals surface area contributed by atoms with Crippen LogP contribution in [-0.4, -0.2) is 43.6 Å². The first-order valence-corrected chi connectivity index (χ1v) is 6.65. The zero-order valence-electron chi connectivity index (χ0n) is 12.1. The summed E-state index contributed by atoms with van der Waals surface area (Å²) in [7, 11) is 0. The van der Waals surface area contributed by atoms with E-state index >= 15 is 0 Å². The summed E-state index contributed by atoms with van der Waals surface area (Å²) < 4.78 is 46.1. The molecule has 0 atom stereocenters. The molecule has 0 radical (unpaired) electrons. The minimum Gasteiger partial charge on any atom is -0.468 e. The van der Waals surface area contributed by atoms with E-state index in [-0.39, 0.29) is 12.4 Å². The Bertz CT molecular complexity index is 469. The topological polar surface area (TPSA) is 72.5 Å². The highest BCUT2D eigenvalue weighted by molar-refractivity contribution is 5.73. The number of aromatic nitrogens is 1. The van der Waals surface area contributed by atoms with Crippen molar-refractivity contribution in [2.24, 2.45) is 0 Å². The molecule has 0 aliphatic carbocycles. The monoisotopic (exact) mass is 321 g/mol. The lowest BCUT2D eigenvalue weighted by Gasteiger charge is -2.12. The molecular formula is C13H18F3N3O3. The van der Waals surface area contributed by atoms with E-state index in [0.717, 1.165) is 0 Å². The summed E-state index contributed by atoms with van der Waals surface area (Å²) in [6.07, 6.45) is -3.13. The quantitative estimate of drug-likeness (QED) is 0.717. The van der Waals surface area contributed by atoms with E-state index in [2.05, 4.69) is 20.4 Å². The third-order valence-corrected chi connectivity index (χ3v) is 2.40. The van der Waals surface area contributed by atoms with Gasteiger partial charge in [-0.05, 0) is 13.0 Å². The maximum Gasteiger partial charge on any atom is 0.422 e. The predicted octanol–water partition coefficient (Wildman–Crippen LogP) is 1.86. The molecule has 1 aromatic rings. The van der Waals surface area contributed by atoms with Gasteiger partial charge in [-0.1, -0.05) is 6.07 Å². The molecule has 22 heavy (non-hydrogen) atoms. The maximum atomic E-state index is 12.1. The second kappa shape index (κ2) is 9.08. The number of rotatable bonds is 8. The van der Waals surface area contributed by atoms with Crippen LogP contribution in [0.1, 0.15) is 12.5 Å². The van der Waals surface area contributed by atoms with Crippen molar-refractivity contribution in [3.63, 3.8) is 0 Å². The first kappa shape index (κ1) is 18.0. The molecule has 1 heterocycles. The Morgan fingerprint density at radius 2 is 2.14 bits per heavy atom. The van der Waals surface area contributed by atoms with Crippen LogP contribution in [0.5, 0.6) is 5.88 Å². The number of nitrogens with zero attached hydrogens (tertiary/aromatic N) is 1. The summed E-state index contributed by atoms with van der Waals surface area (Å²) in [6, 6.07) is 2.62. The number of hydrogen-bond acceptors (Lipinski definition) is 4. The Kier molecular flexibility index (Phi) is 7.44. The summed E-state index contributed by atoms with van der Waals surface area (Å²) in [5.41, 5.74) is 0.353. The van der Waals surface area contributed by atoms with Crippen molar-refractivity contribution in [2.75, 3.05) is 26.4 Å². The van der Waals surface area contributed by atoms with Gasteiger partial charge in [0.05, 0.1) is 6.61 Å². The van der Waals surface area contributed by atoms with Gasteiger partial charge >= 0.3 is 12.2 Å². The molecule has 0 saturated carbocycles. The second-order valence-electron chi connectivity index (χ2n) is 4.18. The van der Waals surface area contributed by atoms with Crippen molar-refractivity contribution in [1.29, 1.82) is 0 Å². The van der Waals surface area contributed by atoms with Crippen LogP contribution >= 0.6 is 0 Å². The van der Waals surface area contributed by atoms with E-state index < -0.39 is 18.8 Å². The molecule has 2 N–H and O–H groups in total. The van der Waals surface area contributed by atoms with E-state index in [1.165, 1.54) is 12.3 Å². The van der Waals surface area contributed by atoms with Gasteiger partial charge in [-0.3, -0.25) is 0 Å². The fourth-order valence-corrected chi connectivity index (χ4v) is 1.46. The maximum absolute atomic E-state index is 12.1. The zero-order valence-corrected chi connectivity index (χ0v) is 12.1.